The molecule has 3 rings (SSSR count). The van der Waals surface area contributed by atoms with E-state index in [1.165, 1.54) is 0 Å². The zero-order valence-electron chi connectivity index (χ0n) is 10.4. The molecule has 100 valence electrons. The van der Waals surface area contributed by atoms with Gasteiger partial charge in [-0.05, 0) is 25.5 Å². The maximum absolute atomic E-state index is 12.0. The van der Waals surface area contributed by atoms with Gasteiger partial charge in [0.1, 0.15) is 9.98 Å². The average Bonchev–Trinajstić information content (AvgIpc) is 2.75. The van der Waals surface area contributed by atoms with Gasteiger partial charge in [0.05, 0.1) is 17.7 Å². The molecule has 1 N–H and O–H groups in total. The number of rotatable bonds is 3. The Kier molecular flexibility index (Phi) is 2.76. The molecule has 1 amide bonds. The quantitative estimate of drug-likeness (QED) is 0.885. The molecular weight excluding hydrogens is 285 g/mol. The molecule has 1 saturated carbocycles. The molecule has 0 radical (unpaired) electrons. The van der Waals surface area contributed by atoms with Gasteiger partial charge in [-0.25, -0.2) is 4.98 Å². The summed E-state index contributed by atoms with van der Waals surface area (Å²) in [6.07, 6.45) is 4.29. The van der Waals surface area contributed by atoms with Crippen molar-refractivity contribution in [3.63, 3.8) is 0 Å². The van der Waals surface area contributed by atoms with Crippen molar-refractivity contribution in [1.29, 1.82) is 0 Å². The summed E-state index contributed by atoms with van der Waals surface area (Å²) in [6.45, 7) is 2.14. The van der Waals surface area contributed by atoms with E-state index in [0.29, 0.717) is 13.0 Å². The first-order valence-electron chi connectivity index (χ1n) is 6.01. The van der Waals surface area contributed by atoms with Crippen molar-refractivity contribution in [3.05, 3.63) is 36.3 Å². The van der Waals surface area contributed by atoms with E-state index in [-0.39, 0.29) is 5.91 Å². The van der Waals surface area contributed by atoms with Crippen LogP contribution in [0.1, 0.15) is 19.0 Å². The van der Waals surface area contributed by atoms with Gasteiger partial charge in [0.15, 0.2) is 0 Å². The van der Waals surface area contributed by atoms with Crippen molar-refractivity contribution in [3.8, 4) is 0 Å². The molecule has 0 aliphatic heterocycles. The van der Waals surface area contributed by atoms with Crippen molar-refractivity contribution in [1.82, 2.24) is 14.7 Å². The second-order valence-electron chi connectivity index (χ2n) is 5.09. The summed E-state index contributed by atoms with van der Waals surface area (Å²) in [5.74, 6) is -0.130. The maximum Gasteiger partial charge on any atom is 0.229 e. The molecule has 0 spiro atoms. The van der Waals surface area contributed by atoms with E-state index in [9.17, 15) is 4.79 Å². The number of aromatic nitrogens is 2. The number of nitrogens with one attached hydrogen (secondary N) is 1. The highest BCUT2D eigenvalue weighted by molar-refractivity contribution is 6.53. The molecule has 1 unspecified atom stereocenters. The third-order valence-electron chi connectivity index (χ3n) is 3.60. The van der Waals surface area contributed by atoms with Crippen LogP contribution in [-0.4, -0.2) is 19.6 Å². The Morgan fingerprint density at radius 3 is 2.89 bits per heavy atom. The topological polar surface area (TPSA) is 46.4 Å². The second kappa shape index (κ2) is 4.12. The van der Waals surface area contributed by atoms with Crippen LogP contribution in [0.5, 0.6) is 0 Å². The molecule has 6 heteroatoms. The minimum absolute atomic E-state index is 0.130. The monoisotopic (exact) mass is 297 g/mol. The molecule has 1 aliphatic carbocycles. The number of carbonyl (C=O) groups excluding carboxylic acids is 1. The van der Waals surface area contributed by atoms with Crippen LogP contribution in [0, 0.1) is 5.41 Å². The molecular formula is C13H13Cl2N3O. The highest BCUT2D eigenvalue weighted by Crippen LogP contribution is 2.63. The smallest absolute Gasteiger partial charge is 0.229 e. The van der Waals surface area contributed by atoms with Gasteiger partial charge in [-0.2, -0.15) is 0 Å². The standard InChI is InChI=1S/C13H13Cl2N3O/c1-12(8-13(12,14)15)11(19)16-6-9-7-18-5-3-2-4-10(18)17-9/h2-5,7H,6,8H2,1H3,(H,16,19). The van der Waals surface area contributed by atoms with Gasteiger partial charge in [-0.1, -0.05) is 6.07 Å². The number of pyridine rings is 1. The van der Waals surface area contributed by atoms with Crippen molar-refractivity contribution in [2.45, 2.75) is 24.2 Å². The fourth-order valence-electron chi connectivity index (χ4n) is 2.08. The SMILES string of the molecule is CC1(C(=O)NCc2cn3ccccc3n2)CC1(Cl)Cl. The molecule has 2 heterocycles. The van der Waals surface area contributed by atoms with Gasteiger partial charge >= 0.3 is 0 Å². The molecule has 2 aromatic rings. The van der Waals surface area contributed by atoms with Crippen molar-refractivity contribution < 1.29 is 4.79 Å². The number of fused-ring (bicyclic) bond motifs is 1. The summed E-state index contributed by atoms with van der Waals surface area (Å²) < 4.78 is 0.976. The van der Waals surface area contributed by atoms with E-state index in [0.717, 1.165) is 11.3 Å². The van der Waals surface area contributed by atoms with Crippen LogP contribution in [0.25, 0.3) is 5.65 Å². The third kappa shape index (κ3) is 2.09. The molecule has 1 aliphatic rings. The Balaban J connectivity index is 1.68. The van der Waals surface area contributed by atoms with E-state index in [2.05, 4.69) is 10.3 Å². The Hall–Kier alpha value is -1.26. The second-order valence-corrected chi connectivity index (χ2v) is 6.58. The molecule has 0 saturated heterocycles. The van der Waals surface area contributed by atoms with Gasteiger partial charge in [-0.15, -0.1) is 23.2 Å². The highest BCUT2D eigenvalue weighted by atomic mass is 35.5. The van der Waals surface area contributed by atoms with Crippen LogP contribution in [0.3, 0.4) is 0 Å². The molecule has 19 heavy (non-hydrogen) atoms. The van der Waals surface area contributed by atoms with E-state index >= 15 is 0 Å². The lowest BCUT2D eigenvalue weighted by Gasteiger charge is -2.11. The first kappa shape index (κ1) is 12.8. The molecule has 0 aromatic carbocycles. The van der Waals surface area contributed by atoms with Gasteiger partial charge in [0.2, 0.25) is 5.91 Å². The normalized spacial score (nSPS) is 24.4. The summed E-state index contributed by atoms with van der Waals surface area (Å²) in [7, 11) is 0. The van der Waals surface area contributed by atoms with Crippen LogP contribution in [-0.2, 0) is 11.3 Å². The number of halogens is 2. The lowest BCUT2D eigenvalue weighted by Crippen LogP contribution is -2.32. The lowest BCUT2D eigenvalue weighted by atomic mass is 10.1. The minimum Gasteiger partial charge on any atom is -0.350 e. The average molecular weight is 298 g/mol. The first-order valence-corrected chi connectivity index (χ1v) is 6.77. The van der Waals surface area contributed by atoms with Gasteiger partial charge < -0.3 is 9.72 Å². The fraction of sp³-hybridized carbons (Fsp3) is 0.385. The minimum atomic E-state index is -0.935. The number of amides is 1. The van der Waals surface area contributed by atoms with Crippen molar-refractivity contribution in [2.24, 2.45) is 5.41 Å². The molecule has 2 aromatic heterocycles. The molecule has 4 nitrogen and oxygen atoms in total. The Bertz CT molecular complexity index is 619. The maximum atomic E-state index is 12.0. The van der Waals surface area contributed by atoms with Crippen LogP contribution in [0.15, 0.2) is 30.6 Å². The van der Waals surface area contributed by atoms with Gasteiger partial charge in [0.25, 0.3) is 0 Å². The number of hydrogen-bond acceptors (Lipinski definition) is 2. The van der Waals surface area contributed by atoms with Crippen molar-refractivity contribution in [2.75, 3.05) is 0 Å². The first-order chi connectivity index (χ1) is 8.92. The van der Waals surface area contributed by atoms with Gasteiger partial charge in [-0.3, -0.25) is 4.79 Å². The molecule has 0 bridgehead atoms. The Labute approximate surface area is 120 Å². The predicted molar refractivity (Wildman–Crippen MR) is 74.2 cm³/mol. The Morgan fingerprint density at radius 2 is 2.26 bits per heavy atom. The zero-order valence-corrected chi connectivity index (χ0v) is 11.9. The van der Waals surface area contributed by atoms with Crippen LogP contribution >= 0.6 is 23.2 Å². The van der Waals surface area contributed by atoms with Gasteiger partial charge in [0, 0.05) is 12.4 Å². The number of alkyl halides is 2. The summed E-state index contributed by atoms with van der Waals surface area (Å²) in [4.78, 5) is 16.4. The summed E-state index contributed by atoms with van der Waals surface area (Å²) in [5, 5.41) is 2.83. The van der Waals surface area contributed by atoms with Crippen molar-refractivity contribution >= 4 is 34.8 Å². The zero-order chi connectivity index (χ0) is 13.7. The van der Waals surface area contributed by atoms with E-state index in [1.54, 1.807) is 6.92 Å². The Morgan fingerprint density at radius 1 is 1.53 bits per heavy atom. The predicted octanol–water partition coefficient (Wildman–Crippen LogP) is 2.53. The van der Waals surface area contributed by atoms with E-state index < -0.39 is 9.75 Å². The molecule has 1 atom stereocenters. The van der Waals surface area contributed by atoms with E-state index in [1.807, 2.05) is 35.0 Å². The number of hydrogen-bond donors (Lipinski definition) is 1. The summed E-state index contributed by atoms with van der Waals surface area (Å²) in [6, 6.07) is 5.76. The van der Waals surface area contributed by atoms with Crippen LogP contribution in [0.4, 0.5) is 0 Å². The summed E-state index contributed by atoms with van der Waals surface area (Å²) in [5.41, 5.74) is 0.974. The van der Waals surface area contributed by atoms with Crippen LogP contribution in [0.2, 0.25) is 0 Å². The third-order valence-corrected chi connectivity index (χ3v) is 4.70. The summed E-state index contributed by atoms with van der Waals surface area (Å²) >= 11 is 11.9. The largest absolute Gasteiger partial charge is 0.350 e. The lowest BCUT2D eigenvalue weighted by molar-refractivity contribution is -0.125. The number of nitrogens with zero attached hydrogens (tertiary/aromatic N) is 2. The van der Waals surface area contributed by atoms with E-state index in [4.69, 9.17) is 23.2 Å². The molecule has 1 fully saturated rings. The highest BCUT2D eigenvalue weighted by Gasteiger charge is 2.67. The van der Waals surface area contributed by atoms with Crippen LogP contribution < -0.4 is 5.32 Å². The number of carbonyl (C=O) groups is 1. The number of imidazole rings is 1. The fourth-order valence-corrected chi connectivity index (χ4v) is 2.79.